The van der Waals surface area contributed by atoms with Crippen molar-refractivity contribution in [2.45, 2.75) is 26.3 Å². The molecular formula is C18H23FN4O. The van der Waals surface area contributed by atoms with E-state index in [1.54, 1.807) is 6.07 Å². The maximum absolute atomic E-state index is 13.8. The molecule has 1 aliphatic rings. The summed E-state index contributed by atoms with van der Waals surface area (Å²) in [7, 11) is 0. The number of nitrogens with zero attached hydrogens (tertiary/aromatic N) is 2. The highest BCUT2D eigenvalue weighted by Gasteiger charge is 2.22. The second-order valence-corrected chi connectivity index (χ2v) is 6.42. The first-order valence-electron chi connectivity index (χ1n) is 8.37. The number of amides is 1. The molecule has 1 fully saturated rings. The highest BCUT2D eigenvalue weighted by molar-refractivity contribution is 5.93. The number of aromatic nitrogens is 2. The van der Waals surface area contributed by atoms with Gasteiger partial charge in [-0.1, -0.05) is 18.2 Å². The van der Waals surface area contributed by atoms with Crippen molar-refractivity contribution < 1.29 is 9.18 Å². The Morgan fingerprint density at radius 2 is 2.29 bits per heavy atom. The van der Waals surface area contributed by atoms with Crippen LogP contribution in [-0.2, 0) is 6.54 Å². The van der Waals surface area contributed by atoms with Crippen LogP contribution < -0.4 is 5.32 Å². The van der Waals surface area contributed by atoms with Crippen LogP contribution in [0.5, 0.6) is 0 Å². The van der Waals surface area contributed by atoms with Gasteiger partial charge in [-0.3, -0.25) is 9.69 Å². The Hall–Kier alpha value is -2.21. The summed E-state index contributed by atoms with van der Waals surface area (Å²) in [6, 6.07) is 6.92. The predicted octanol–water partition coefficient (Wildman–Crippen LogP) is 2.50. The van der Waals surface area contributed by atoms with Crippen LogP contribution in [0.25, 0.3) is 0 Å². The number of hydrogen-bond acceptors (Lipinski definition) is 3. The number of nitrogens with one attached hydrogen (secondary N) is 2. The van der Waals surface area contributed by atoms with Crippen molar-refractivity contribution in [2.75, 3.05) is 19.6 Å². The summed E-state index contributed by atoms with van der Waals surface area (Å²) in [5.41, 5.74) is 1.96. The third-order valence-corrected chi connectivity index (χ3v) is 4.55. The van der Waals surface area contributed by atoms with Crippen LogP contribution in [0.1, 0.15) is 34.6 Å². The van der Waals surface area contributed by atoms with E-state index in [1.807, 2.05) is 19.1 Å². The van der Waals surface area contributed by atoms with Crippen LogP contribution >= 0.6 is 0 Å². The second kappa shape index (κ2) is 7.57. The Kier molecular flexibility index (Phi) is 5.25. The van der Waals surface area contributed by atoms with Crippen molar-refractivity contribution in [3.8, 4) is 0 Å². The molecule has 0 radical (unpaired) electrons. The average molecular weight is 330 g/mol. The van der Waals surface area contributed by atoms with Gasteiger partial charge in [0.25, 0.3) is 5.91 Å². The summed E-state index contributed by atoms with van der Waals surface area (Å²) in [5, 5.41) is 2.97. The van der Waals surface area contributed by atoms with Crippen molar-refractivity contribution in [3.63, 3.8) is 0 Å². The maximum Gasteiger partial charge on any atom is 0.271 e. The van der Waals surface area contributed by atoms with Gasteiger partial charge < -0.3 is 10.3 Å². The molecule has 1 saturated heterocycles. The van der Waals surface area contributed by atoms with Crippen LogP contribution in [0.3, 0.4) is 0 Å². The minimum atomic E-state index is -0.151. The van der Waals surface area contributed by atoms with E-state index in [4.69, 9.17) is 0 Å². The summed E-state index contributed by atoms with van der Waals surface area (Å²) in [4.78, 5) is 21.3. The Morgan fingerprint density at radius 1 is 1.46 bits per heavy atom. The van der Waals surface area contributed by atoms with Gasteiger partial charge in [-0.25, -0.2) is 9.37 Å². The molecule has 1 amide bonds. The zero-order valence-corrected chi connectivity index (χ0v) is 13.9. The van der Waals surface area contributed by atoms with Gasteiger partial charge in [0.1, 0.15) is 11.5 Å². The Bertz CT molecular complexity index is 700. The monoisotopic (exact) mass is 330 g/mol. The molecule has 0 aliphatic carbocycles. The van der Waals surface area contributed by atoms with Gasteiger partial charge in [-0.05, 0) is 38.3 Å². The first kappa shape index (κ1) is 16.6. The molecule has 1 aromatic carbocycles. The van der Waals surface area contributed by atoms with Gasteiger partial charge in [0.15, 0.2) is 0 Å². The zero-order chi connectivity index (χ0) is 16.9. The lowest BCUT2D eigenvalue weighted by molar-refractivity contribution is 0.0925. The van der Waals surface area contributed by atoms with E-state index in [1.165, 1.54) is 12.4 Å². The number of imidazole rings is 1. The van der Waals surface area contributed by atoms with Crippen LogP contribution in [0.2, 0.25) is 0 Å². The number of carbonyl (C=O) groups is 1. The molecule has 1 unspecified atom stereocenters. The minimum Gasteiger partial charge on any atom is -0.350 e. The highest BCUT2D eigenvalue weighted by atomic mass is 19.1. The third kappa shape index (κ3) is 4.00. The molecule has 1 aliphatic heterocycles. The zero-order valence-electron chi connectivity index (χ0n) is 13.9. The van der Waals surface area contributed by atoms with Crippen LogP contribution in [-0.4, -0.2) is 40.4 Å². The van der Waals surface area contributed by atoms with Crippen LogP contribution in [0.4, 0.5) is 4.39 Å². The van der Waals surface area contributed by atoms with E-state index in [-0.39, 0.29) is 11.7 Å². The molecule has 1 atom stereocenters. The molecule has 0 bridgehead atoms. The summed E-state index contributed by atoms with van der Waals surface area (Å²) < 4.78 is 13.8. The number of aromatic amines is 1. The average Bonchev–Trinajstić information content (AvgIpc) is 3.01. The van der Waals surface area contributed by atoms with Gasteiger partial charge in [0.2, 0.25) is 0 Å². The third-order valence-electron chi connectivity index (χ3n) is 4.55. The molecule has 6 heteroatoms. The summed E-state index contributed by atoms with van der Waals surface area (Å²) in [6.07, 6.45) is 3.67. The summed E-state index contributed by atoms with van der Waals surface area (Å²) in [6.45, 7) is 4.92. The first-order chi connectivity index (χ1) is 11.6. The smallest absolute Gasteiger partial charge is 0.271 e. The Balaban J connectivity index is 1.51. The van der Waals surface area contributed by atoms with Crippen molar-refractivity contribution in [1.82, 2.24) is 20.2 Å². The topological polar surface area (TPSA) is 61.0 Å². The maximum atomic E-state index is 13.8. The van der Waals surface area contributed by atoms with Crippen molar-refractivity contribution in [2.24, 2.45) is 5.92 Å². The van der Waals surface area contributed by atoms with Crippen LogP contribution in [0, 0.1) is 18.7 Å². The summed E-state index contributed by atoms with van der Waals surface area (Å²) in [5.74, 6) is 0.0932. The number of aryl methyl sites for hydroxylation is 1. The lowest BCUT2D eigenvalue weighted by atomic mass is 9.97. The van der Waals surface area contributed by atoms with Gasteiger partial charge in [0, 0.05) is 30.9 Å². The SMILES string of the molecule is Cc1[nH]cnc1C(=O)NCC1CCCN(Cc2ccccc2F)C1. The highest BCUT2D eigenvalue weighted by Crippen LogP contribution is 2.19. The van der Waals surface area contributed by atoms with E-state index in [0.717, 1.165) is 37.2 Å². The standard InChI is InChI=1S/C18H23FN4O/c1-13-17(22-12-21-13)18(24)20-9-14-5-4-8-23(10-14)11-15-6-2-3-7-16(15)19/h2-3,6-7,12,14H,4-5,8-11H2,1H3,(H,20,24)(H,21,22). The normalized spacial score (nSPS) is 18.5. The second-order valence-electron chi connectivity index (χ2n) is 6.42. The van der Waals surface area contributed by atoms with Crippen molar-refractivity contribution >= 4 is 5.91 Å². The fourth-order valence-electron chi connectivity index (χ4n) is 3.24. The van der Waals surface area contributed by atoms with Crippen LogP contribution in [0.15, 0.2) is 30.6 Å². The molecular weight excluding hydrogens is 307 g/mol. The fraction of sp³-hybridized carbons (Fsp3) is 0.444. The minimum absolute atomic E-state index is 0.139. The van der Waals surface area contributed by atoms with Crippen molar-refractivity contribution in [1.29, 1.82) is 0 Å². The van der Waals surface area contributed by atoms with Gasteiger partial charge in [0.05, 0.1) is 6.33 Å². The number of benzene rings is 1. The quantitative estimate of drug-likeness (QED) is 0.885. The molecule has 2 heterocycles. The number of hydrogen-bond donors (Lipinski definition) is 2. The molecule has 5 nitrogen and oxygen atoms in total. The number of halogens is 1. The molecule has 0 spiro atoms. The van der Waals surface area contributed by atoms with Gasteiger partial charge in [-0.15, -0.1) is 0 Å². The molecule has 3 rings (SSSR count). The lowest BCUT2D eigenvalue weighted by Gasteiger charge is -2.32. The molecule has 0 saturated carbocycles. The fourth-order valence-corrected chi connectivity index (χ4v) is 3.24. The first-order valence-corrected chi connectivity index (χ1v) is 8.37. The summed E-state index contributed by atoms with van der Waals surface area (Å²) >= 11 is 0. The molecule has 2 aromatic rings. The largest absolute Gasteiger partial charge is 0.350 e. The Morgan fingerprint density at radius 3 is 3.04 bits per heavy atom. The van der Waals surface area contributed by atoms with Gasteiger partial charge in [-0.2, -0.15) is 0 Å². The van der Waals surface area contributed by atoms with E-state index in [2.05, 4.69) is 20.2 Å². The van der Waals surface area contributed by atoms with Gasteiger partial charge >= 0.3 is 0 Å². The number of carbonyl (C=O) groups excluding carboxylic acids is 1. The van der Waals surface area contributed by atoms with E-state index >= 15 is 0 Å². The van der Waals surface area contributed by atoms with E-state index in [0.29, 0.717) is 24.7 Å². The molecule has 128 valence electrons. The number of rotatable bonds is 5. The number of H-pyrrole nitrogens is 1. The number of piperidine rings is 1. The van der Waals surface area contributed by atoms with E-state index < -0.39 is 0 Å². The van der Waals surface area contributed by atoms with Crippen molar-refractivity contribution in [3.05, 3.63) is 53.4 Å². The molecule has 1 aromatic heterocycles. The van der Waals surface area contributed by atoms with E-state index in [9.17, 15) is 9.18 Å². The molecule has 24 heavy (non-hydrogen) atoms. The lowest BCUT2D eigenvalue weighted by Crippen LogP contribution is -2.40. The molecule has 2 N–H and O–H groups in total. The Labute approximate surface area is 141 Å². The number of likely N-dealkylation sites (tertiary alicyclic amines) is 1. The predicted molar refractivity (Wildman–Crippen MR) is 90.1 cm³/mol.